The SMILES string of the molecule is COc1c(C(=O)NCc2ccncc2)ccc2n[nH]c(/C=C/c3ccc(F)cc3)c12. The van der Waals surface area contributed by atoms with Crippen LogP contribution >= 0.6 is 0 Å². The van der Waals surface area contributed by atoms with Crippen molar-refractivity contribution in [2.45, 2.75) is 6.54 Å². The van der Waals surface area contributed by atoms with Crippen LogP contribution < -0.4 is 10.1 Å². The molecule has 0 aliphatic carbocycles. The van der Waals surface area contributed by atoms with Crippen molar-refractivity contribution in [1.82, 2.24) is 20.5 Å². The number of nitrogens with zero attached hydrogens (tertiary/aromatic N) is 2. The van der Waals surface area contributed by atoms with Crippen molar-refractivity contribution in [3.63, 3.8) is 0 Å². The van der Waals surface area contributed by atoms with Gasteiger partial charge in [-0.25, -0.2) is 4.39 Å². The fourth-order valence-electron chi connectivity index (χ4n) is 3.15. The molecule has 4 rings (SSSR count). The average Bonchev–Trinajstić information content (AvgIpc) is 3.20. The molecule has 6 nitrogen and oxygen atoms in total. The molecule has 0 aliphatic heterocycles. The first-order valence-corrected chi connectivity index (χ1v) is 9.31. The summed E-state index contributed by atoms with van der Waals surface area (Å²) >= 11 is 0. The van der Waals surface area contributed by atoms with E-state index < -0.39 is 0 Å². The number of benzene rings is 2. The standard InChI is InChI=1S/C23H19FN4O2/c1-30-22-18(23(29)26-14-16-10-12-25-13-11-16)7-9-20-21(22)19(27-28-20)8-4-15-2-5-17(24)6-3-15/h2-13H,14H2,1H3,(H,26,29)(H,27,28)/b8-4+. The van der Waals surface area contributed by atoms with E-state index in [-0.39, 0.29) is 11.7 Å². The van der Waals surface area contributed by atoms with Gasteiger partial charge in [0.15, 0.2) is 0 Å². The van der Waals surface area contributed by atoms with E-state index in [1.165, 1.54) is 19.2 Å². The largest absolute Gasteiger partial charge is 0.495 e. The molecule has 0 radical (unpaired) electrons. The number of nitrogens with one attached hydrogen (secondary N) is 2. The molecule has 4 aromatic rings. The summed E-state index contributed by atoms with van der Waals surface area (Å²) < 4.78 is 18.7. The molecule has 30 heavy (non-hydrogen) atoms. The molecule has 0 aliphatic rings. The van der Waals surface area contributed by atoms with E-state index in [4.69, 9.17) is 4.74 Å². The molecule has 1 amide bonds. The van der Waals surface area contributed by atoms with Crippen LogP contribution in [0.2, 0.25) is 0 Å². The predicted octanol–water partition coefficient (Wildman–Crippen LogP) is 4.21. The Hall–Kier alpha value is -4.00. The Morgan fingerprint density at radius 2 is 1.87 bits per heavy atom. The molecule has 0 saturated carbocycles. The fourth-order valence-corrected chi connectivity index (χ4v) is 3.15. The number of carbonyl (C=O) groups excluding carboxylic acids is 1. The summed E-state index contributed by atoms with van der Waals surface area (Å²) in [4.78, 5) is 16.8. The molecule has 0 bridgehead atoms. The number of fused-ring (bicyclic) bond motifs is 1. The molecule has 0 saturated heterocycles. The van der Waals surface area contributed by atoms with Crippen molar-refractivity contribution in [2.75, 3.05) is 7.11 Å². The maximum absolute atomic E-state index is 13.1. The Labute approximate surface area is 172 Å². The summed E-state index contributed by atoms with van der Waals surface area (Å²) in [6, 6.07) is 13.3. The molecular weight excluding hydrogens is 383 g/mol. The average molecular weight is 402 g/mol. The van der Waals surface area contributed by atoms with E-state index >= 15 is 0 Å². The van der Waals surface area contributed by atoms with E-state index in [1.807, 2.05) is 24.3 Å². The molecule has 7 heteroatoms. The van der Waals surface area contributed by atoms with Gasteiger partial charge in [-0.2, -0.15) is 5.10 Å². The van der Waals surface area contributed by atoms with Gasteiger partial charge in [0.1, 0.15) is 11.6 Å². The number of hydrogen-bond donors (Lipinski definition) is 2. The summed E-state index contributed by atoms with van der Waals surface area (Å²) in [6.45, 7) is 0.380. The lowest BCUT2D eigenvalue weighted by molar-refractivity contribution is 0.0948. The predicted molar refractivity (Wildman–Crippen MR) is 113 cm³/mol. The molecule has 2 aromatic heterocycles. The Morgan fingerprint density at radius 3 is 2.60 bits per heavy atom. The van der Waals surface area contributed by atoms with Gasteiger partial charge in [-0.15, -0.1) is 0 Å². The monoisotopic (exact) mass is 402 g/mol. The van der Waals surface area contributed by atoms with Crippen molar-refractivity contribution in [3.8, 4) is 5.75 Å². The fraction of sp³-hybridized carbons (Fsp3) is 0.0870. The van der Waals surface area contributed by atoms with Crippen LogP contribution in [-0.2, 0) is 6.54 Å². The van der Waals surface area contributed by atoms with E-state index in [1.54, 1.807) is 36.7 Å². The zero-order chi connectivity index (χ0) is 20.9. The van der Waals surface area contributed by atoms with Crippen LogP contribution in [0.5, 0.6) is 5.75 Å². The molecule has 0 spiro atoms. The van der Waals surface area contributed by atoms with Crippen LogP contribution in [0.1, 0.15) is 27.2 Å². The van der Waals surface area contributed by atoms with Gasteiger partial charge in [-0.1, -0.05) is 18.2 Å². The van der Waals surface area contributed by atoms with Crippen LogP contribution in [0, 0.1) is 5.82 Å². The number of H-pyrrole nitrogens is 1. The first kappa shape index (κ1) is 19.3. The minimum absolute atomic E-state index is 0.250. The molecule has 2 aromatic carbocycles. The van der Waals surface area contributed by atoms with Gasteiger partial charge in [-0.05, 0) is 53.6 Å². The summed E-state index contributed by atoms with van der Waals surface area (Å²) in [7, 11) is 1.52. The van der Waals surface area contributed by atoms with Crippen LogP contribution in [0.15, 0.2) is 60.9 Å². The van der Waals surface area contributed by atoms with Gasteiger partial charge >= 0.3 is 0 Å². The number of aromatic nitrogens is 3. The second kappa shape index (κ2) is 8.57. The highest BCUT2D eigenvalue weighted by Gasteiger charge is 2.18. The third kappa shape index (κ3) is 4.05. The maximum atomic E-state index is 13.1. The summed E-state index contributed by atoms with van der Waals surface area (Å²) in [5.41, 5.74) is 3.57. The Balaban J connectivity index is 1.64. The van der Waals surface area contributed by atoms with E-state index in [9.17, 15) is 9.18 Å². The zero-order valence-corrected chi connectivity index (χ0v) is 16.2. The molecule has 2 N–H and O–H groups in total. The minimum Gasteiger partial charge on any atom is -0.495 e. The molecule has 2 heterocycles. The van der Waals surface area contributed by atoms with Crippen LogP contribution in [0.3, 0.4) is 0 Å². The number of carbonyl (C=O) groups is 1. The first-order chi connectivity index (χ1) is 14.7. The van der Waals surface area contributed by atoms with E-state index in [0.717, 1.165) is 11.1 Å². The third-order valence-corrected chi connectivity index (χ3v) is 4.67. The molecule has 150 valence electrons. The third-order valence-electron chi connectivity index (χ3n) is 4.67. The van der Waals surface area contributed by atoms with Gasteiger partial charge in [0.2, 0.25) is 0 Å². The van der Waals surface area contributed by atoms with E-state index in [2.05, 4.69) is 20.5 Å². The number of hydrogen-bond acceptors (Lipinski definition) is 4. The van der Waals surface area contributed by atoms with Crippen LogP contribution in [0.4, 0.5) is 4.39 Å². The van der Waals surface area contributed by atoms with Crippen LogP contribution in [0.25, 0.3) is 23.1 Å². The van der Waals surface area contributed by atoms with Gasteiger partial charge in [-0.3, -0.25) is 14.9 Å². The summed E-state index contributed by atoms with van der Waals surface area (Å²) in [5, 5.41) is 10.9. The smallest absolute Gasteiger partial charge is 0.255 e. The zero-order valence-electron chi connectivity index (χ0n) is 16.2. The second-order valence-electron chi connectivity index (χ2n) is 6.60. The summed E-state index contributed by atoms with van der Waals surface area (Å²) in [6.07, 6.45) is 7.02. The van der Waals surface area contributed by atoms with E-state index in [0.29, 0.717) is 34.5 Å². The maximum Gasteiger partial charge on any atom is 0.255 e. The van der Waals surface area contributed by atoms with Crippen molar-refractivity contribution in [3.05, 3.63) is 89.1 Å². The number of pyridine rings is 1. The molecular formula is C23H19FN4O2. The number of halogens is 1. The van der Waals surface area contributed by atoms with Gasteiger partial charge in [0, 0.05) is 18.9 Å². The van der Waals surface area contributed by atoms with Gasteiger partial charge in [0.05, 0.1) is 29.3 Å². The normalized spacial score (nSPS) is 11.1. The van der Waals surface area contributed by atoms with Gasteiger partial charge < -0.3 is 10.1 Å². The topological polar surface area (TPSA) is 79.9 Å². The second-order valence-corrected chi connectivity index (χ2v) is 6.60. The lowest BCUT2D eigenvalue weighted by Gasteiger charge is -2.11. The Morgan fingerprint density at radius 1 is 1.10 bits per heavy atom. The minimum atomic E-state index is -0.289. The Kier molecular flexibility index (Phi) is 5.52. The quantitative estimate of drug-likeness (QED) is 0.506. The number of rotatable bonds is 6. The van der Waals surface area contributed by atoms with Crippen molar-refractivity contribution >= 4 is 29.0 Å². The molecule has 0 unspecified atom stereocenters. The van der Waals surface area contributed by atoms with Crippen molar-refractivity contribution in [1.29, 1.82) is 0 Å². The highest BCUT2D eigenvalue weighted by atomic mass is 19.1. The summed E-state index contributed by atoms with van der Waals surface area (Å²) in [5.74, 6) is -0.101. The molecule has 0 atom stereocenters. The number of methoxy groups -OCH3 is 1. The van der Waals surface area contributed by atoms with Crippen molar-refractivity contribution < 1.29 is 13.9 Å². The highest BCUT2D eigenvalue weighted by Crippen LogP contribution is 2.32. The lowest BCUT2D eigenvalue weighted by atomic mass is 10.1. The first-order valence-electron chi connectivity index (χ1n) is 9.31. The van der Waals surface area contributed by atoms with Crippen LogP contribution in [-0.4, -0.2) is 28.2 Å². The Bertz CT molecular complexity index is 1200. The van der Waals surface area contributed by atoms with Gasteiger partial charge in [0.25, 0.3) is 5.91 Å². The number of amides is 1. The number of ether oxygens (including phenoxy) is 1. The van der Waals surface area contributed by atoms with Crippen molar-refractivity contribution in [2.24, 2.45) is 0 Å². The number of aromatic amines is 1. The highest BCUT2D eigenvalue weighted by molar-refractivity contribution is 6.05. The molecule has 0 fully saturated rings. The lowest BCUT2D eigenvalue weighted by Crippen LogP contribution is -2.23.